The number of aliphatic carboxylic acids is 1. The number of rotatable bonds is 3. The molecule has 1 aliphatic rings. The van der Waals surface area contributed by atoms with E-state index in [1.165, 1.54) is 23.7 Å². The van der Waals surface area contributed by atoms with E-state index >= 15 is 0 Å². The second-order valence-corrected chi connectivity index (χ2v) is 5.54. The third-order valence-corrected chi connectivity index (χ3v) is 3.05. The van der Waals surface area contributed by atoms with Crippen LogP contribution >= 0.6 is 0 Å². The van der Waals surface area contributed by atoms with E-state index in [1.54, 1.807) is 0 Å². The monoisotopic (exact) mass is 290 g/mol. The van der Waals surface area contributed by atoms with Crippen molar-refractivity contribution in [2.75, 3.05) is 11.9 Å². The molecule has 0 atom stereocenters. The van der Waals surface area contributed by atoms with Gasteiger partial charge in [-0.25, -0.2) is 0 Å². The van der Waals surface area contributed by atoms with Gasteiger partial charge >= 0.3 is 0 Å². The van der Waals surface area contributed by atoms with Crippen LogP contribution in [0.4, 0.5) is 5.69 Å². The highest BCUT2D eigenvalue weighted by atomic mass is 16.5. The maximum absolute atomic E-state index is 9.26. The third-order valence-electron chi connectivity index (χ3n) is 3.05. The van der Waals surface area contributed by atoms with Crippen molar-refractivity contribution in [1.82, 2.24) is 0 Å². The second-order valence-electron chi connectivity index (χ2n) is 5.54. The molecule has 21 heavy (non-hydrogen) atoms. The summed E-state index contributed by atoms with van der Waals surface area (Å²) < 4.78 is 5.52. The highest BCUT2D eigenvalue weighted by molar-refractivity contribution is 5.80. The van der Waals surface area contributed by atoms with Crippen LogP contribution in [0.2, 0.25) is 0 Å². The van der Waals surface area contributed by atoms with Gasteiger partial charge in [-0.15, -0.1) is 0 Å². The van der Waals surface area contributed by atoms with Gasteiger partial charge in [-0.1, -0.05) is 13.0 Å². The fourth-order valence-corrected chi connectivity index (χ4v) is 2.22. The first kappa shape index (κ1) is 17.1. The number of hydrogen-bond acceptors (Lipinski definition) is 4. The SMILES string of the molecule is CCC(=O)[O-].CCOc1ccc2c(c1)C(C)=CC(C)(C)N2. The predicted octanol–water partition coefficient (Wildman–Crippen LogP) is 2.84. The largest absolute Gasteiger partial charge is 0.550 e. The van der Waals surface area contributed by atoms with Gasteiger partial charge in [0, 0.05) is 17.2 Å². The number of carbonyl (C=O) groups is 1. The Morgan fingerprint density at radius 2 is 1.95 bits per heavy atom. The zero-order valence-electron chi connectivity index (χ0n) is 13.4. The normalized spacial score (nSPS) is 14.8. The first-order chi connectivity index (χ1) is 9.79. The minimum atomic E-state index is -0.995. The molecule has 0 saturated carbocycles. The maximum atomic E-state index is 9.26. The minimum absolute atomic E-state index is 0.0320. The summed E-state index contributed by atoms with van der Waals surface area (Å²) >= 11 is 0. The van der Waals surface area contributed by atoms with Gasteiger partial charge < -0.3 is 20.0 Å². The van der Waals surface area contributed by atoms with Gasteiger partial charge in [0.25, 0.3) is 0 Å². The number of ether oxygens (including phenoxy) is 1. The lowest BCUT2D eigenvalue weighted by molar-refractivity contribution is -0.305. The molecular weight excluding hydrogens is 266 g/mol. The number of carbonyl (C=O) groups excluding carboxylic acids is 1. The van der Waals surface area contributed by atoms with E-state index < -0.39 is 5.97 Å². The van der Waals surface area contributed by atoms with E-state index in [-0.39, 0.29) is 12.0 Å². The Morgan fingerprint density at radius 1 is 1.33 bits per heavy atom. The molecule has 1 aromatic rings. The lowest BCUT2D eigenvalue weighted by Gasteiger charge is -2.31. The van der Waals surface area contributed by atoms with Crippen molar-refractivity contribution in [3.8, 4) is 5.75 Å². The van der Waals surface area contributed by atoms with Crippen LogP contribution in [0.25, 0.3) is 5.57 Å². The molecule has 0 radical (unpaired) electrons. The van der Waals surface area contributed by atoms with E-state index in [0.717, 1.165) is 5.75 Å². The molecule has 116 valence electrons. The van der Waals surface area contributed by atoms with Crippen LogP contribution in [0.3, 0.4) is 0 Å². The zero-order valence-corrected chi connectivity index (χ0v) is 13.4. The van der Waals surface area contributed by atoms with Gasteiger partial charge in [-0.3, -0.25) is 0 Å². The van der Waals surface area contributed by atoms with E-state index in [2.05, 4.69) is 44.3 Å². The van der Waals surface area contributed by atoms with E-state index in [1.807, 2.05) is 13.0 Å². The van der Waals surface area contributed by atoms with Gasteiger partial charge in [0.05, 0.1) is 12.1 Å². The summed E-state index contributed by atoms with van der Waals surface area (Å²) in [5.74, 6) is -0.0551. The Bertz CT molecular complexity index is 533. The minimum Gasteiger partial charge on any atom is -0.550 e. The smallest absolute Gasteiger partial charge is 0.120 e. The molecule has 4 nitrogen and oxygen atoms in total. The standard InChI is InChI=1S/C14H19NO.C3H6O2/c1-5-16-11-6-7-13-12(8-11)10(2)9-14(3,4)15-13;1-2-3(4)5/h6-9,15H,5H2,1-4H3;2H2,1H3,(H,4,5)/p-1. The molecule has 0 amide bonds. The summed E-state index contributed by atoms with van der Waals surface area (Å²) in [6, 6.07) is 6.22. The Hall–Kier alpha value is -1.97. The second kappa shape index (κ2) is 7.16. The highest BCUT2D eigenvalue weighted by Crippen LogP contribution is 2.35. The van der Waals surface area contributed by atoms with Crippen LogP contribution < -0.4 is 15.2 Å². The van der Waals surface area contributed by atoms with Crippen molar-refractivity contribution in [2.24, 2.45) is 0 Å². The molecule has 1 N–H and O–H groups in total. The molecule has 0 spiro atoms. The van der Waals surface area contributed by atoms with Gasteiger partial charge in [-0.05, 0) is 57.9 Å². The summed E-state index contributed by atoms with van der Waals surface area (Å²) in [5, 5.41) is 12.8. The third kappa shape index (κ3) is 5.14. The predicted molar refractivity (Wildman–Crippen MR) is 84.3 cm³/mol. The molecule has 2 rings (SSSR count). The zero-order chi connectivity index (χ0) is 16.0. The van der Waals surface area contributed by atoms with Crippen LogP contribution in [0.15, 0.2) is 24.3 Å². The summed E-state index contributed by atoms with van der Waals surface area (Å²) in [5.41, 5.74) is 3.77. The molecule has 1 heterocycles. The van der Waals surface area contributed by atoms with E-state index in [0.29, 0.717) is 6.61 Å². The van der Waals surface area contributed by atoms with Gasteiger partial charge in [0.15, 0.2) is 0 Å². The van der Waals surface area contributed by atoms with Crippen LogP contribution in [0.1, 0.15) is 46.6 Å². The molecule has 1 aromatic carbocycles. The number of allylic oxidation sites excluding steroid dienone is 1. The Morgan fingerprint density at radius 3 is 2.48 bits per heavy atom. The Balaban J connectivity index is 0.000000383. The number of fused-ring (bicyclic) bond motifs is 1. The van der Waals surface area contributed by atoms with Crippen LogP contribution in [-0.4, -0.2) is 18.1 Å². The fraction of sp³-hybridized carbons (Fsp3) is 0.471. The number of carboxylic acid groups (broad SMARTS) is 1. The van der Waals surface area contributed by atoms with Crippen molar-refractivity contribution in [2.45, 2.75) is 46.6 Å². The topological polar surface area (TPSA) is 61.4 Å². The van der Waals surface area contributed by atoms with Crippen LogP contribution in [0, 0.1) is 0 Å². The molecule has 0 unspecified atom stereocenters. The van der Waals surface area contributed by atoms with Gasteiger partial charge in [-0.2, -0.15) is 0 Å². The lowest BCUT2D eigenvalue weighted by Crippen LogP contribution is -2.31. The molecular formula is C17H24NO3-. The van der Waals surface area contributed by atoms with Crippen LogP contribution in [0.5, 0.6) is 5.75 Å². The number of nitrogens with one attached hydrogen (secondary N) is 1. The number of hydrogen-bond donors (Lipinski definition) is 1. The average Bonchev–Trinajstić information content (AvgIpc) is 2.39. The van der Waals surface area contributed by atoms with Crippen molar-refractivity contribution >= 4 is 17.2 Å². The molecule has 0 aromatic heterocycles. The molecule has 1 aliphatic heterocycles. The Labute approximate surface area is 126 Å². The summed E-state index contributed by atoms with van der Waals surface area (Å²) in [6.07, 6.45) is 2.37. The summed E-state index contributed by atoms with van der Waals surface area (Å²) in [7, 11) is 0. The average molecular weight is 290 g/mol. The first-order valence-electron chi connectivity index (χ1n) is 7.23. The Kier molecular flexibility index (Phi) is 5.82. The lowest BCUT2D eigenvalue weighted by atomic mass is 9.91. The van der Waals surface area contributed by atoms with Crippen molar-refractivity contribution in [3.63, 3.8) is 0 Å². The van der Waals surface area contributed by atoms with Crippen molar-refractivity contribution in [3.05, 3.63) is 29.8 Å². The molecule has 0 aliphatic carbocycles. The van der Waals surface area contributed by atoms with Crippen molar-refractivity contribution in [1.29, 1.82) is 0 Å². The maximum Gasteiger partial charge on any atom is 0.120 e. The van der Waals surface area contributed by atoms with Gasteiger partial charge in [0.1, 0.15) is 5.75 Å². The number of carboxylic acids is 1. The molecule has 0 saturated heterocycles. The molecule has 0 bridgehead atoms. The van der Waals surface area contributed by atoms with Crippen LogP contribution in [-0.2, 0) is 4.79 Å². The summed E-state index contributed by atoms with van der Waals surface area (Å²) in [6.45, 7) is 10.8. The van der Waals surface area contributed by atoms with Crippen molar-refractivity contribution < 1.29 is 14.6 Å². The molecule has 4 heteroatoms. The van der Waals surface area contributed by atoms with E-state index in [4.69, 9.17) is 4.74 Å². The van der Waals surface area contributed by atoms with Gasteiger partial charge in [0.2, 0.25) is 0 Å². The fourth-order valence-electron chi connectivity index (χ4n) is 2.22. The summed E-state index contributed by atoms with van der Waals surface area (Å²) in [4.78, 5) is 9.26. The first-order valence-corrected chi connectivity index (χ1v) is 7.23. The number of benzene rings is 1. The number of anilines is 1. The van der Waals surface area contributed by atoms with E-state index in [9.17, 15) is 9.90 Å². The quantitative estimate of drug-likeness (QED) is 0.930. The highest BCUT2D eigenvalue weighted by Gasteiger charge is 2.22. The molecule has 0 fully saturated rings.